The van der Waals surface area contributed by atoms with Crippen LogP contribution in [0.2, 0.25) is 10.0 Å². The zero-order chi connectivity index (χ0) is 27.3. The molecule has 2 N–H and O–H groups in total. The van der Waals surface area contributed by atoms with Gasteiger partial charge in [-0.2, -0.15) is 0 Å². The SMILES string of the molecule is CC(NC(=O)c1ccccc1NC(=O)C1CCN(S(=O)(=O)Cc2ccc(Cl)c(Cl)c2)CC1)c1ccccc1. The number of carbonyl (C=O) groups is 2. The number of hydrogen-bond donors (Lipinski definition) is 2. The summed E-state index contributed by atoms with van der Waals surface area (Å²) >= 11 is 11.9. The number of halogens is 2. The molecule has 4 rings (SSSR count). The molecule has 10 heteroatoms. The first-order chi connectivity index (χ1) is 18.1. The third-order valence-corrected chi connectivity index (χ3v) is 9.22. The van der Waals surface area contributed by atoms with Gasteiger partial charge in [0, 0.05) is 19.0 Å². The van der Waals surface area contributed by atoms with Crippen molar-refractivity contribution in [3.63, 3.8) is 0 Å². The first-order valence-electron chi connectivity index (χ1n) is 12.3. The van der Waals surface area contributed by atoms with Crippen molar-refractivity contribution in [2.75, 3.05) is 18.4 Å². The minimum Gasteiger partial charge on any atom is -0.345 e. The summed E-state index contributed by atoms with van der Waals surface area (Å²) in [7, 11) is -3.58. The van der Waals surface area contributed by atoms with E-state index in [9.17, 15) is 18.0 Å². The number of piperidine rings is 1. The number of para-hydroxylation sites is 1. The van der Waals surface area contributed by atoms with E-state index >= 15 is 0 Å². The summed E-state index contributed by atoms with van der Waals surface area (Å²) in [5.74, 6) is -1.08. The van der Waals surface area contributed by atoms with E-state index < -0.39 is 10.0 Å². The smallest absolute Gasteiger partial charge is 0.253 e. The van der Waals surface area contributed by atoms with Crippen LogP contribution in [0.4, 0.5) is 5.69 Å². The highest BCUT2D eigenvalue weighted by Gasteiger charge is 2.31. The lowest BCUT2D eigenvalue weighted by molar-refractivity contribution is -0.120. The Morgan fingerprint density at radius 1 is 0.947 bits per heavy atom. The molecule has 0 aromatic heterocycles. The summed E-state index contributed by atoms with van der Waals surface area (Å²) in [4.78, 5) is 26.1. The average molecular weight is 575 g/mol. The van der Waals surface area contributed by atoms with E-state index in [0.29, 0.717) is 39.7 Å². The van der Waals surface area contributed by atoms with Crippen molar-refractivity contribution in [1.82, 2.24) is 9.62 Å². The second-order valence-corrected chi connectivity index (χ2v) is 12.1. The van der Waals surface area contributed by atoms with Crippen LogP contribution in [0.5, 0.6) is 0 Å². The van der Waals surface area contributed by atoms with Crippen LogP contribution >= 0.6 is 23.2 Å². The molecule has 0 radical (unpaired) electrons. The lowest BCUT2D eigenvalue weighted by Gasteiger charge is -2.30. The highest BCUT2D eigenvalue weighted by Crippen LogP contribution is 2.27. The number of nitrogens with zero attached hydrogens (tertiary/aromatic N) is 1. The standard InChI is InChI=1S/C28H29Cl2N3O4S/c1-19(21-7-3-2-4-8-21)31-28(35)23-9-5-6-10-26(23)32-27(34)22-13-15-33(16-14-22)38(36,37)18-20-11-12-24(29)25(30)17-20/h2-12,17,19,22H,13-16,18H2,1H3,(H,31,35)(H,32,34). The van der Waals surface area contributed by atoms with Gasteiger partial charge >= 0.3 is 0 Å². The van der Waals surface area contributed by atoms with E-state index in [1.54, 1.807) is 42.5 Å². The number of hydrogen-bond acceptors (Lipinski definition) is 4. The number of amides is 2. The molecule has 0 aliphatic carbocycles. The Kier molecular flexibility index (Phi) is 9.10. The fourth-order valence-corrected chi connectivity index (χ4v) is 6.32. The van der Waals surface area contributed by atoms with E-state index in [4.69, 9.17) is 23.2 Å². The Hall–Kier alpha value is -2.91. The molecular weight excluding hydrogens is 545 g/mol. The van der Waals surface area contributed by atoms with Crippen molar-refractivity contribution in [3.8, 4) is 0 Å². The topological polar surface area (TPSA) is 95.6 Å². The molecule has 2 amide bonds. The van der Waals surface area contributed by atoms with Crippen LogP contribution in [0.3, 0.4) is 0 Å². The van der Waals surface area contributed by atoms with Crippen LogP contribution < -0.4 is 10.6 Å². The maximum atomic E-state index is 13.1. The fraction of sp³-hybridized carbons (Fsp3) is 0.286. The van der Waals surface area contributed by atoms with Crippen LogP contribution in [0.25, 0.3) is 0 Å². The molecule has 1 saturated heterocycles. The maximum absolute atomic E-state index is 13.1. The molecule has 0 spiro atoms. The predicted octanol–water partition coefficient (Wildman–Crippen LogP) is 5.66. The normalized spacial score (nSPS) is 15.6. The molecule has 3 aromatic rings. The van der Waals surface area contributed by atoms with Crippen molar-refractivity contribution in [1.29, 1.82) is 0 Å². The number of carbonyl (C=O) groups excluding carboxylic acids is 2. The summed E-state index contributed by atoms with van der Waals surface area (Å²) in [5.41, 5.74) is 2.31. The Balaban J connectivity index is 1.35. The Labute approximate surface area is 233 Å². The van der Waals surface area contributed by atoms with Gasteiger partial charge in [0.1, 0.15) is 0 Å². The summed E-state index contributed by atoms with van der Waals surface area (Å²) < 4.78 is 27.3. The summed E-state index contributed by atoms with van der Waals surface area (Å²) in [6.07, 6.45) is 0.762. The molecule has 38 heavy (non-hydrogen) atoms. The molecule has 1 atom stereocenters. The highest BCUT2D eigenvalue weighted by molar-refractivity contribution is 7.88. The summed E-state index contributed by atoms with van der Waals surface area (Å²) in [6, 6.07) is 21.0. The van der Waals surface area contributed by atoms with E-state index in [0.717, 1.165) is 5.56 Å². The third kappa shape index (κ3) is 6.94. The monoisotopic (exact) mass is 573 g/mol. The van der Waals surface area contributed by atoms with Crippen LogP contribution in [0.15, 0.2) is 72.8 Å². The van der Waals surface area contributed by atoms with Gasteiger partial charge in [0.15, 0.2) is 0 Å². The predicted molar refractivity (Wildman–Crippen MR) is 151 cm³/mol. The first-order valence-corrected chi connectivity index (χ1v) is 14.7. The molecule has 1 heterocycles. The number of benzene rings is 3. The molecule has 0 bridgehead atoms. The largest absolute Gasteiger partial charge is 0.345 e. The average Bonchev–Trinajstić information content (AvgIpc) is 2.91. The zero-order valence-electron chi connectivity index (χ0n) is 20.9. The molecule has 1 unspecified atom stereocenters. The van der Waals surface area contributed by atoms with E-state index in [-0.39, 0.29) is 42.6 Å². The van der Waals surface area contributed by atoms with Crippen molar-refractivity contribution in [3.05, 3.63) is 99.5 Å². The number of nitrogens with one attached hydrogen (secondary N) is 2. The van der Waals surface area contributed by atoms with Gasteiger partial charge in [-0.25, -0.2) is 12.7 Å². The van der Waals surface area contributed by atoms with Gasteiger partial charge in [0.2, 0.25) is 15.9 Å². The zero-order valence-corrected chi connectivity index (χ0v) is 23.2. The second kappa shape index (κ2) is 12.3. The number of sulfonamides is 1. The molecule has 200 valence electrons. The molecule has 7 nitrogen and oxygen atoms in total. The summed E-state index contributed by atoms with van der Waals surface area (Å²) in [6.45, 7) is 2.37. The van der Waals surface area contributed by atoms with Crippen molar-refractivity contribution >= 4 is 50.7 Å². The number of anilines is 1. The van der Waals surface area contributed by atoms with E-state index in [1.807, 2.05) is 37.3 Å². The molecule has 1 aliphatic heterocycles. The quantitative estimate of drug-likeness (QED) is 0.363. The van der Waals surface area contributed by atoms with Crippen LogP contribution in [-0.2, 0) is 20.6 Å². The van der Waals surface area contributed by atoms with Crippen molar-refractivity contribution in [2.45, 2.75) is 31.6 Å². The van der Waals surface area contributed by atoms with Crippen LogP contribution in [0.1, 0.15) is 47.3 Å². The Morgan fingerprint density at radius 3 is 2.29 bits per heavy atom. The van der Waals surface area contributed by atoms with Gasteiger partial charge < -0.3 is 10.6 Å². The lowest BCUT2D eigenvalue weighted by Crippen LogP contribution is -2.42. The number of rotatable bonds is 8. The van der Waals surface area contributed by atoms with E-state index in [1.165, 1.54) is 4.31 Å². The Bertz CT molecular complexity index is 1410. The van der Waals surface area contributed by atoms with Gasteiger partial charge in [0.05, 0.1) is 33.1 Å². The second-order valence-electron chi connectivity index (χ2n) is 9.32. The molecule has 3 aromatic carbocycles. The molecular formula is C28H29Cl2N3O4S. The fourth-order valence-electron chi connectivity index (χ4n) is 4.45. The lowest BCUT2D eigenvalue weighted by atomic mass is 9.97. The third-order valence-electron chi connectivity index (χ3n) is 6.63. The van der Waals surface area contributed by atoms with Crippen LogP contribution in [0, 0.1) is 5.92 Å². The Morgan fingerprint density at radius 2 is 1.61 bits per heavy atom. The van der Waals surface area contributed by atoms with Crippen molar-refractivity contribution < 1.29 is 18.0 Å². The van der Waals surface area contributed by atoms with Gasteiger partial charge in [-0.3, -0.25) is 9.59 Å². The summed E-state index contributed by atoms with van der Waals surface area (Å²) in [5, 5.41) is 6.53. The minimum absolute atomic E-state index is 0.190. The van der Waals surface area contributed by atoms with Gasteiger partial charge in [-0.1, -0.05) is 71.7 Å². The maximum Gasteiger partial charge on any atom is 0.253 e. The van der Waals surface area contributed by atoms with E-state index in [2.05, 4.69) is 10.6 Å². The highest BCUT2D eigenvalue weighted by atomic mass is 35.5. The van der Waals surface area contributed by atoms with Gasteiger partial charge in [-0.15, -0.1) is 0 Å². The first kappa shape index (κ1) is 28.1. The molecule has 0 saturated carbocycles. The van der Waals surface area contributed by atoms with Gasteiger partial charge in [-0.05, 0) is 55.2 Å². The van der Waals surface area contributed by atoms with Crippen molar-refractivity contribution in [2.24, 2.45) is 5.92 Å². The molecule has 1 aliphatic rings. The minimum atomic E-state index is -3.58. The molecule has 1 fully saturated rings. The van der Waals surface area contributed by atoms with Gasteiger partial charge in [0.25, 0.3) is 5.91 Å². The van der Waals surface area contributed by atoms with Crippen LogP contribution in [-0.4, -0.2) is 37.6 Å².